The highest BCUT2D eigenvalue weighted by Crippen LogP contribution is 2.27. The molecule has 1 rings (SSSR count). The first-order chi connectivity index (χ1) is 5.57. The molecule has 0 unspecified atom stereocenters. The zero-order valence-electron chi connectivity index (χ0n) is 5.57. The molecule has 1 nitrogen and oxygen atoms in total. The van der Waals surface area contributed by atoms with E-state index in [1.54, 1.807) is 0 Å². The molecule has 1 aromatic rings. The van der Waals surface area contributed by atoms with E-state index in [4.69, 9.17) is 0 Å². The van der Waals surface area contributed by atoms with E-state index < -0.39 is 11.6 Å². The van der Waals surface area contributed by atoms with Crippen molar-refractivity contribution < 1.29 is 13.6 Å². The molecule has 0 radical (unpaired) electrons. The molecule has 0 aliphatic carbocycles. The lowest BCUT2D eigenvalue weighted by molar-refractivity contribution is 0.111. The van der Waals surface area contributed by atoms with Crippen molar-refractivity contribution in [3.8, 4) is 0 Å². The van der Waals surface area contributed by atoms with Gasteiger partial charge in [0.25, 0.3) is 0 Å². The highest BCUT2D eigenvalue weighted by molar-refractivity contribution is 9.11. The van der Waals surface area contributed by atoms with Crippen LogP contribution in [0.2, 0.25) is 0 Å². The topological polar surface area (TPSA) is 17.1 Å². The van der Waals surface area contributed by atoms with Crippen molar-refractivity contribution in [1.29, 1.82) is 0 Å². The van der Waals surface area contributed by atoms with Gasteiger partial charge in [0, 0.05) is 4.47 Å². The fraction of sp³-hybridized carbons (Fsp3) is 0. The molecule has 0 aromatic heterocycles. The molecule has 64 valence electrons. The third-order valence-corrected chi connectivity index (χ3v) is 2.65. The van der Waals surface area contributed by atoms with Gasteiger partial charge in [-0.2, -0.15) is 0 Å². The van der Waals surface area contributed by atoms with Crippen LogP contribution < -0.4 is 0 Å². The first-order valence-electron chi connectivity index (χ1n) is 2.86. The number of carbonyl (C=O) groups is 1. The average molecular weight is 300 g/mol. The second-order valence-corrected chi connectivity index (χ2v) is 3.65. The molecular weight excluding hydrogens is 298 g/mol. The highest BCUT2D eigenvalue weighted by atomic mass is 79.9. The predicted octanol–water partition coefficient (Wildman–Crippen LogP) is 3.30. The molecular formula is C7H2Br2F2O. The summed E-state index contributed by atoms with van der Waals surface area (Å²) in [4.78, 5) is 10.3. The van der Waals surface area contributed by atoms with Crippen molar-refractivity contribution in [1.82, 2.24) is 0 Å². The number of halogens is 4. The van der Waals surface area contributed by atoms with Crippen LogP contribution in [-0.4, -0.2) is 6.29 Å². The maximum absolute atomic E-state index is 13.0. The van der Waals surface area contributed by atoms with Crippen LogP contribution in [0, 0.1) is 11.6 Å². The second-order valence-electron chi connectivity index (χ2n) is 2.00. The van der Waals surface area contributed by atoms with E-state index in [0.29, 0.717) is 6.29 Å². The maximum atomic E-state index is 13.0. The monoisotopic (exact) mass is 298 g/mol. The normalized spacial score (nSPS) is 10.0. The third kappa shape index (κ3) is 1.56. The molecule has 12 heavy (non-hydrogen) atoms. The van der Waals surface area contributed by atoms with Crippen LogP contribution in [0.15, 0.2) is 15.0 Å². The highest BCUT2D eigenvalue weighted by Gasteiger charge is 2.14. The maximum Gasteiger partial charge on any atom is 0.154 e. The molecule has 0 N–H and O–H groups in total. The van der Waals surface area contributed by atoms with Crippen LogP contribution in [0.25, 0.3) is 0 Å². The van der Waals surface area contributed by atoms with Crippen LogP contribution >= 0.6 is 31.9 Å². The van der Waals surface area contributed by atoms with E-state index in [-0.39, 0.29) is 14.5 Å². The Bertz CT molecular complexity index is 339. The van der Waals surface area contributed by atoms with Gasteiger partial charge in [-0.05, 0) is 37.9 Å². The molecule has 5 heteroatoms. The average Bonchev–Trinajstić information content (AvgIpc) is 2.01. The Morgan fingerprint density at radius 1 is 1.33 bits per heavy atom. The van der Waals surface area contributed by atoms with Crippen molar-refractivity contribution in [3.05, 3.63) is 32.2 Å². The SMILES string of the molecule is O=Cc1c(Br)cc(F)c(Br)c1F. The molecule has 0 saturated carbocycles. The van der Waals surface area contributed by atoms with E-state index >= 15 is 0 Å². The number of aldehydes is 1. The zero-order chi connectivity index (χ0) is 9.30. The largest absolute Gasteiger partial charge is 0.298 e. The Balaban J connectivity index is 3.51. The summed E-state index contributed by atoms with van der Waals surface area (Å²) in [7, 11) is 0. The first-order valence-corrected chi connectivity index (χ1v) is 4.44. The van der Waals surface area contributed by atoms with Gasteiger partial charge in [-0.15, -0.1) is 0 Å². The van der Waals surface area contributed by atoms with E-state index in [0.717, 1.165) is 6.07 Å². The molecule has 1 aromatic carbocycles. The van der Waals surface area contributed by atoms with Gasteiger partial charge in [-0.1, -0.05) is 0 Å². The van der Waals surface area contributed by atoms with Crippen LogP contribution in [0.5, 0.6) is 0 Å². The molecule has 0 saturated heterocycles. The number of carbonyl (C=O) groups excluding carboxylic acids is 1. The Labute approximate surface area is 84.0 Å². The van der Waals surface area contributed by atoms with Crippen molar-refractivity contribution in [3.63, 3.8) is 0 Å². The lowest BCUT2D eigenvalue weighted by Gasteiger charge is -2.01. The quantitative estimate of drug-likeness (QED) is 0.442. The number of hydrogen-bond acceptors (Lipinski definition) is 1. The molecule has 0 bridgehead atoms. The van der Waals surface area contributed by atoms with Gasteiger partial charge in [0.2, 0.25) is 0 Å². The minimum atomic E-state index is -0.892. The Morgan fingerprint density at radius 2 is 1.92 bits per heavy atom. The fourth-order valence-electron chi connectivity index (χ4n) is 0.688. The first kappa shape index (κ1) is 9.80. The molecule has 0 aliphatic heterocycles. The van der Waals surface area contributed by atoms with Crippen molar-refractivity contribution in [2.24, 2.45) is 0 Å². The summed E-state index contributed by atoms with van der Waals surface area (Å²) in [6.45, 7) is 0. The van der Waals surface area contributed by atoms with E-state index in [1.807, 2.05) is 0 Å². The minimum absolute atomic E-state index is 0.107. The Morgan fingerprint density at radius 3 is 2.42 bits per heavy atom. The van der Waals surface area contributed by atoms with Gasteiger partial charge in [0.15, 0.2) is 12.1 Å². The molecule has 0 aliphatic rings. The summed E-state index contributed by atoms with van der Waals surface area (Å²) >= 11 is 5.54. The number of benzene rings is 1. The van der Waals surface area contributed by atoms with E-state index in [2.05, 4.69) is 31.9 Å². The van der Waals surface area contributed by atoms with Crippen LogP contribution in [0.3, 0.4) is 0 Å². The molecule has 0 fully saturated rings. The summed E-state index contributed by atoms with van der Waals surface area (Å²) in [5.41, 5.74) is -0.191. The predicted molar refractivity (Wildman–Crippen MR) is 47.1 cm³/mol. The van der Waals surface area contributed by atoms with Crippen LogP contribution in [0.1, 0.15) is 10.4 Å². The lowest BCUT2D eigenvalue weighted by atomic mass is 10.2. The van der Waals surface area contributed by atoms with Gasteiger partial charge >= 0.3 is 0 Å². The van der Waals surface area contributed by atoms with Crippen LogP contribution in [-0.2, 0) is 0 Å². The van der Waals surface area contributed by atoms with Crippen LogP contribution in [0.4, 0.5) is 8.78 Å². The van der Waals surface area contributed by atoms with Gasteiger partial charge in [-0.3, -0.25) is 4.79 Å². The summed E-state index contributed by atoms with van der Waals surface area (Å²) in [6, 6.07) is 1.02. The van der Waals surface area contributed by atoms with E-state index in [9.17, 15) is 13.6 Å². The number of hydrogen-bond donors (Lipinski definition) is 0. The summed E-state index contributed by atoms with van der Waals surface area (Å²) in [6.07, 6.45) is 0.323. The standard InChI is InChI=1S/C7H2Br2F2O/c8-4-1-5(10)6(9)7(11)3(4)2-12/h1-2H. The van der Waals surface area contributed by atoms with E-state index in [1.165, 1.54) is 0 Å². The van der Waals surface area contributed by atoms with Crippen molar-refractivity contribution in [2.45, 2.75) is 0 Å². The van der Waals surface area contributed by atoms with Crippen molar-refractivity contribution in [2.75, 3.05) is 0 Å². The molecule has 0 amide bonds. The second kappa shape index (κ2) is 3.62. The Kier molecular flexibility index (Phi) is 2.95. The Hall–Kier alpha value is -0.290. The lowest BCUT2D eigenvalue weighted by Crippen LogP contribution is -1.94. The zero-order valence-corrected chi connectivity index (χ0v) is 8.75. The summed E-state index contributed by atoms with van der Waals surface area (Å²) < 4.78 is 25.5. The summed E-state index contributed by atoms with van der Waals surface area (Å²) in [5.74, 6) is -1.64. The summed E-state index contributed by atoms with van der Waals surface area (Å²) in [5, 5.41) is 0. The smallest absolute Gasteiger partial charge is 0.154 e. The molecule has 0 spiro atoms. The minimum Gasteiger partial charge on any atom is -0.298 e. The van der Waals surface area contributed by atoms with Gasteiger partial charge in [-0.25, -0.2) is 8.78 Å². The fourth-order valence-corrected chi connectivity index (χ4v) is 1.48. The third-order valence-electron chi connectivity index (χ3n) is 1.27. The van der Waals surface area contributed by atoms with Gasteiger partial charge in [0.1, 0.15) is 5.82 Å². The molecule has 0 heterocycles. The number of rotatable bonds is 1. The van der Waals surface area contributed by atoms with Gasteiger partial charge < -0.3 is 0 Å². The van der Waals surface area contributed by atoms with Crippen molar-refractivity contribution >= 4 is 38.1 Å². The van der Waals surface area contributed by atoms with Gasteiger partial charge in [0.05, 0.1) is 10.0 Å². The molecule has 0 atom stereocenters.